The topological polar surface area (TPSA) is 72.2 Å². The Morgan fingerprint density at radius 3 is 2.35 bits per heavy atom. The molecule has 4 nitrogen and oxygen atoms in total. The summed E-state index contributed by atoms with van der Waals surface area (Å²) < 4.78 is 0. The molecule has 0 spiro atoms. The molecule has 0 amide bonds. The standard InChI is InChI=1S/C14H16N2O2.C2H6/c1-2-9-4-3-5-10(6-9)8-16-12-11(7-15)13(17)14(12)18;1-2/h3-6,16H,2,7-8,15H2,1H3;1-2H3. The number of anilines is 1. The van der Waals surface area contributed by atoms with Gasteiger partial charge in [-0.2, -0.15) is 0 Å². The number of hydrogen-bond acceptors (Lipinski definition) is 4. The van der Waals surface area contributed by atoms with Crippen LogP contribution in [0.4, 0.5) is 5.69 Å². The molecule has 0 unspecified atom stereocenters. The van der Waals surface area contributed by atoms with E-state index in [-0.39, 0.29) is 6.54 Å². The summed E-state index contributed by atoms with van der Waals surface area (Å²) in [5.74, 6) is 0. The number of nitrogens with two attached hydrogens (primary N) is 1. The van der Waals surface area contributed by atoms with Crippen molar-refractivity contribution in [1.29, 1.82) is 0 Å². The summed E-state index contributed by atoms with van der Waals surface area (Å²) >= 11 is 0. The van der Waals surface area contributed by atoms with E-state index < -0.39 is 10.9 Å². The van der Waals surface area contributed by atoms with Gasteiger partial charge in [-0.25, -0.2) is 0 Å². The first-order valence-electron chi connectivity index (χ1n) is 7.01. The molecule has 0 fully saturated rings. The molecule has 0 heterocycles. The molecular formula is C16H22N2O2. The Balaban J connectivity index is 0.000000956. The summed E-state index contributed by atoms with van der Waals surface area (Å²) in [5.41, 5.74) is 7.63. The van der Waals surface area contributed by atoms with E-state index in [2.05, 4.69) is 24.4 Å². The molecule has 0 aliphatic rings. The maximum atomic E-state index is 11.3. The highest BCUT2D eigenvalue weighted by atomic mass is 16.2. The Kier molecular flexibility index (Phi) is 6.12. The highest BCUT2D eigenvalue weighted by Gasteiger charge is 2.18. The summed E-state index contributed by atoms with van der Waals surface area (Å²) in [4.78, 5) is 22.5. The lowest BCUT2D eigenvalue weighted by Crippen LogP contribution is -2.39. The third kappa shape index (κ3) is 3.33. The molecule has 20 heavy (non-hydrogen) atoms. The SMILES string of the molecule is CC.CCc1cccc(CNc2c(CN)c(=O)c2=O)c1. The average molecular weight is 274 g/mol. The van der Waals surface area contributed by atoms with Gasteiger partial charge in [0.2, 0.25) is 10.9 Å². The Labute approximate surface area is 119 Å². The van der Waals surface area contributed by atoms with Crippen LogP contribution in [0.25, 0.3) is 0 Å². The molecular weight excluding hydrogens is 252 g/mol. The first-order chi connectivity index (χ1) is 9.67. The fourth-order valence-corrected chi connectivity index (χ4v) is 1.97. The summed E-state index contributed by atoms with van der Waals surface area (Å²) in [5, 5.41) is 3.00. The molecule has 0 aliphatic heterocycles. The molecule has 0 radical (unpaired) electrons. The van der Waals surface area contributed by atoms with Gasteiger partial charge in [-0.3, -0.25) is 9.59 Å². The zero-order valence-electron chi connectivity index (χ0n) is 12.3. The molecule has 2 aromatic rings. The Morgan fingerprint density at radius 1 is 1.10 bits per heavy atom. The molecule has 0 saturated heterocycles. The zero-order chi connectivity index (χ0) is 15.1. The third-order valence-electron chi connectivity index (χ3n) is 3.08. The van der Waals surface area contributed by atoms with E-state index in [0.29, 0.717) is 17.8 Å². The Bertz CT molecular complexity index is 625. The van der Waals surface area contributed by atoms with Gasteiger partial charge in [0.15, 0.2) is 0 Å². The molecule has 2 aromatic carbocycles. The molecule has 2 rings (SSSR count). The first kappa shape index (κ1) is 16.1. The number of aryl methyl sites for hydroxylation is 1. The zero-order valence-corrected chi connectivity index (χ0v) is 12.3. The van der Waals surface area contributed by atoms with Crippen LogP contribution in [0.3, 0.4) is 0 Å². The molecule has 0 bridgehead atoms. The largest absolute Gasteiger partial charge is 0.377 e. The lowest BCUT2D eigenvalue weighted by Gasteiger charge is -2.12. The van der Waals surface area contributed by atoms with Crippen LogP contribution in [0.2, 0.25) is 0 Å². The Morgan fingerprint density at radius 2 is 1.75 bits per heavy atom. The highest BCUT2D eigenvalue weighted by molar-refractivity contribution is 5.56. The molecule has 4 heteroatoms. The van der Waals surface area contributed by atoms with E-state index in [1.54, 1.807) is 0 Å². The number of benzene rings is 1. The van der Waals surface area contributed by atoms with Crippen LogP contribution in [0.1, 0.15) is 37.5 Å². The second-order valence-electron chi connectivity index (χ2n) is 4.24. The lowest BCUT2D eigenvalue weighted by molar-refractivity contribution is 0.999. The minimum Gasteiger partial charge on any atom is -0.377 e. The Hall–Kier alpha value is -1.94. The van der Waals surface area contributed by atoms with Gasteiger partial charge in [0, 0.05) is 18.7 Å². The van der Waals surface area contributed by atoms with E-state index >= 15 is 0 Å². The molecule has 0 saturated carbocycles. The first-order valence-corrected chi connectivity index (χ1v) is 7.01. The van der Waals surface area contributed by atoms with Crippen molar-refractivity contribution >= 4 is 5.69 Å². The normalized spacial score (nSPS) is 10.0. The summed E-state index contributed by atoms with van der Waals surface area (Å²) in [7, 11) is 0. The smallest absolute Gasteiger partial charge is 0.249 e. The van der Waals surface area contributed by atoms with Crippen molar-refractivity contribution in [3.63, 3.8) is 0 Å². The molecule has 3 N–H and O–H groups in total. The molecule has 0 atom stereocenters. The second kappa shape index (κ2) is 7.60. The maximum absolute atomic E-state index is 11.3. The van der Waals surface area contributed by atoms with Crippen LogP contribution in [0.15, 0.2) is 33.9 Å². The van der Waals surface area contributed by atoms with Gasteiger partial charge in [0.1, 0.15) is 0 Å². The van der Waals surface area contributed by atoms with E-state index in [9.17, 15) is 9.59 Å². The summed E-state index contributed by atoms with van der Waals surface area (Å²) in [6, 6.07) is 8.12. The van der Waals surface area contributed by atoms with Crippen molar-refractivity contribution in [2.24, 2.45) is 5.73 Å². The fourth-order valence-electron chi connectivity index (χ4n) is 1.97. The summed E-state index contributed by atoms with van der Waals surface area (Å²) in [6.45, 7) is 6.74. The van der Waals surface area contributed by atoms with Crippen LogP contribution in [-0.2, 0) is 19.5 Å². The second-order valence-corrected chi connectivity index (χ2v) is 4.24. The minimum atomic E-state index is -0.456. The van der Waals surface area contributed by atoms with E-state index in [4.69, 9.17) is 5.73 Å². The van der Waals surface area contributed by atoms with Gasteiger partial charge in [0.05, 0.1) is 5.69 Å². The van der Waals surface area contributed by atoms with Crippen molar-refractivity contribution in [2.75, 3.05) is 5.32 Å². The van der Waals surface area contributed by atoms with E-state index in [0.717, 1.165) is 12.0 Å². The van der Waals surface area contributed by atoms with Gasteiger partial charge >= 0.3 is 0 Å². The van der Waals surface area contributed by atoms with E-state index in [1.165, 1.54) is 5.56 Å². The van der Waals surface area contributed by atoms with Crippen LogP contribution in [-0.4, -0.2) is 0 Å². The monoisotopic (exact) mass is 274 g/mol. The summed E-state index contributed by atoms with van der Waals surface area (Å²) in [6.07, 6.45) is 0.974. The fraction of sp³-hybridized carbons (Fsp3) is 0.375. The highest BCUT2D eigenvalue weighted by Crippen LogP contribution is 2.11. The van der Waals surface area contributed by atoms with Crippen LogP contribution in [0.5, 0.6) is 0 Å². The van der Waals surface area contributed by atoms with Crippen molar-refractivity contribution in [3.8, 4) is 0 Å². The van der Waals surface area contributed by atoms with E-state index in [1.807, 2.05) is 26.0 Å². The number of hydrogen-bond donors (Lipinski definition) is 2. The van der Waals surface area contributed by atoms with Crippen molar-refractivity contribution in [1.82, 2.24) is 0 Å². The van der Waals surface area contributed by atoms with Crippen LogP contribution in [0, 0.1) is 0 Å². The minimum absolute atomic E-state index is 0.113. The average Bonchev–Trinajstić information content (AvgIpc) is 2.52. The van der Waals surface area contributed by atoms with Crippen molar-refractivity contribution in [2.45, 2.75) is 40.3 Å². The maximum Gasteiger partial charge on any atom is 0.249 e. The third-order valence-corrected chi connectivity index (χ3v) is 3.08. The van der Waals surface area contributed by atoms with Gasteiger partial charge < -0.3 is 11.1 Å². The molecule has 0 aromatic heterocycles. The number of nitrogens with one attached hydrogen (secondary N) is 1. The predicted molar refractivity (Wildman–Crippen MR) is 83.7 cm³/mol. The van der Waals surface area contributed by atoms with Crippen molar-refractivity contribution < 1.29 is 0 Å². The van der Waals surface area contributed by atoms with Crippen LogP contribution < -0.4 is 21.9 Å². The molecule has 0 aliphatic carbocycles. The van der Waals surface area contributed by atoms with Gasteiger partial charge in [-0.15, -0.1) is 0 Å². The van der Waals surface area contributed by atoms with Gasteiger partial charge in [-0.05, 0) is 17.5 Å². The van der Waals surface area contributed by atoms with Crippen LogP contribution >= 0.6 is 0 Å². The quantitative estimate of drug-likeness (QED) is 0.817. The number of rotatable bonds is 5. The van der Waals surface area contributed by atoms with Crippen molar-refractivity contribution in [3.05, 3.63) is 61.4 Å². The predicted octanol–water partition coefficient (Wildman–Crippen LogP) is 1.94. The lowest BCUT2D eigenvalue weighted by atomic mass is 10.1. The van der Waals surface area contributed by atoms with Gasteiger partial charge in [0.25, 0.3) is 0 Å². The molecule has 108 valence electrons. The van der Waals surface area contributed by atoms with Gasteiger partial charge in [-0.1, -0.05) is 45.0 Å².